The zero-order valence-corrected chi connectivity index (χ0v) is 20.0. The fourth-order valence-electron chi connectivity index (χ4n) is 4.98. The van der Waals surface area contributed by atoms with E-state index in [2.05, 4.69) is 45.9 Å². The van der Waals surface area contributed by atoms with E-state index >= 15 is 0 Å². The van der Waals surface area contributed by atoms with Gasteiger partial charge in [-0.3, -0.25) is 0 Å². The highest BCUT2D eigenvalue weighted by molar-refractivity contribution is 5.65. The van der Waals surface area contributed by atoms with Crippen LogP contribution < -0.4 is 9.47 Å². The minimum absolute atomic E-state index is 0.195. The zero-order valence-electron chi connectivity index (χ0n) is 20.0. The Hall–Kier alpha value is -2.79. The van der Waals surface area contributed by atoms with Gasteiger partial charge in [0.15, 0.2) is 0 Å². The van der Waals surface area contributed by atoms with E-state index in [0.29, 0.717) is 12.5 Å². The SMILES string of the molecule is CCOc1ccc(-c2cc(C3CC(C)(C)OC(C)(C)C3)nn2-c2ccccc2OC)cc1. The number of methoxy groups -OCH3 is 1. The van der Waals surface area contributed by atoms with Crippen LogP contribution in [0.25, 0.3) is 16.9 Å². The number of hydrogen-bond acceptors (Lipinski definition) is 4. The van der Waals surface area contributed by atoms with Crippen molar-refractivity contribution in [1.29, 1.82) is 0 Å². The van der Waals surface area contributed by atoms with Crippen molar-refractivity contribution in [3.63, 3.8) is 0 Å². The summed E-state index contributed by atoms with van der Waals surface area (Å²) < 4.78 is 19.6. The molecule has 0 aliphatic carbocycles. The van der Waals surface area contributed by atoms with E-state index < -0.39 is 0 Å². The maximum atomic E-state index is 6.32. The van der Waals surface area contributed by atoms with E-state index in [1.807, 2.05) is 48.0 Å². The molecule has 2 aromatic carbocycles. The normalized spacial score (nSPS) is 17.8. The molecule has 3 aromatic rings. The van der Waals surface area contributed by atoms with Crippen LogP contribution in [0.2, 0.25) is 0 Å². The van der Waals surface area contributed by atoms with Gasteiger partial charge in [0.2, 0.25) is 0 Å². The van der Waals surface area contributed by atoms with Crippen molar-refractivity contribution < 1.29 is 14.2 Å². The van der Waals surface area contributed by atoms with Crippen LogP contribution >= 0.6 is 0 Å². The van der Waals surface area contributed by atoms with E-state index in [0.717, 1.165) is 47.0 Å². The van der Waals surface area contributed by atoms with E-state index in [4.69, 9.17) is 19.3 Å². The first-order chi connectivity index (χ1) is 15.2. The number of nitrogens with zero attached hydrogens (tertiary/aromatic N) is 2. The van der Waals surface area contributed by atoms with Gasteiger partial charge in [0.25, 0.3) is 0 Å². The Labute approximate surface area is 191 Å². The highest BCUT2D eigenvalue weighted by atomic mass is 16.5. The molecule has 1 aromatic heterocycles. The minimum Gasteiger partial charge on any atom is -0.494 e. The maximum Gasteiger partial charge on any atom is 0.144 e. The van der Waals surface area contributed by atoms with E-state index in [1.165, 1.54) is 0 Å². The van der Waals surface area contributed by atoms with Crippen molar-refractivity contribution in [2.75, 3.05) is 13.7 Å². The van der Waals surface area contributed by atoms with Gasteiger partial charge in [0.1, 0.15) is 17.2 Å². The van der Waals surface area contributed by atoms with Crippen molar-refractivity contribution in [2.24, 2.45) is 0 Å². The third-order valence-electron chi connectivity index (χ3n) is 5.95. The lowest BCUT2D eigenvalue weighted by atomic mass is 9.79. The van der Waals surface area contributed by atoms with Crippen LogP contribution in [0.4, 0.5) is 0 Å². The Morgan fingerprint density at radius 1 is 1.00 bits per heavy atom. The van der Waals surface area contributed by atoms with E-state index in [1.54, 1.807) is 7.11 Å². The average Bonchev–Trinajstić information content (AvgIpc) is 3.18. The first kappa shape index (κ1) is 22.4. The molecule has 0 atom stereocenters. The summed E-state index contributed by atoms with van der Waals surface area (Å²) in [5.41, 5.74) is 3.75. The number of aromatic nitrogens is 2. The zero-order chi connectivity index (χ0) is 22.9. The lowest BCUT2D eigenvalue weighted by molar-refractivity contribution is -0.162. The Kier molecular flexibility index (Phi) is 6.04. The molecule has 1 fully saturated rings. The van der Waals surface area contributed by atoms with Gasteiger partial charge in [-0.15, -0.1) is 0 Å². The van der Waals surface area contributed by atoms with Crippen LogP contribution in [0.1, 0.15) is 59.1 Å². The van der Waals surface area contributed by atoms with Crippen molar-refractivity contribution in [2.45, 2.75) is 64.6 Å². The molecule has 5 heteroatoms. The Bertz CT molecular complexity index is 1050. The molecule has 170 valence electrons. The van der Waals surface area contributed by atoms with Gasteiger partial charge in [-0.1, -0.05) is 12.1 Å². The molecule has 2 heterocycles. The molecule has 1 aliphatic rings. The van der Waals surface area contributed by atoms with Crippen LogP contribution in [0.15, 0.2) is 54.6 Å². The fourth-order valence-corrected chi connectivity index (χ4v) is 4.98. The molecule has 0 bridgehead atoms. The lowest BCUT2D eigenvalue weighted by Crippen LogP contribution is -2.44. The van der Waals surface area contributed by atoms with Gasteiger partial charge in [0.05, 0.1) is 36.3 Å². The van der Waals surface area contributed by atoms with Crippen molar-refractivity contribution in [3.8, 4) is 28.4 Å². The highest BCUT2D eigenvalue weighted by Crippen LogP contribution is 2.44. The number of hydrogen-bond donors (Lipinski definition) is 0. The van der Waals surface area contributed by atoms with Crippen molar-refractivity contribution in [1.82, 2.24) is 9.78 Å². The lowest BCUT2D eigenvalue weighted by Gasteiger charge is -2.45. The summed E-state index contributed by atoms with van der Waals surface area (Å²) >= 11 is 0. The second-order valence-electron chi connectivity index (χ2n) is 9.72. The summed E-state index contributed by atoms with van der Waals surface area (Å²) in [6.45, 7) is 11.3. The summed E-state index contributed by atoms with van der Waals surface area (Å²) in [4.78, 5) is 0. The molecule has 0 radical (unpaired) electrons. The fraction of sp³-hybridized carbons (Fsp3) is 0.444. The van der Waals surface area contributed by atoms with E-state index in [-0.39, 0.29) is 11.2 Å². The summed E-state index contributed by atoms with van der Waals surface area (Å²) in [5, 5.41) is 5.13. The Morgan fingerprint density at radius 2 is 1.66 bits per heavy atom. The summed E-state index contributed by atoms with van der Waals surface area (Å²) in [7, 11) is 1.70. The van der Waals surface area contributed by atoms with Crippen LogP contribution in [-0.4, -0.2) is 34.7 Å². The second-order valence-corrected chi connectivity index (χ2v) is 9.72. The van der Waals surface area contributed by atoms with Crippen LogP contribution in [-0.2, 0) is 4.74 Å². The molecule has 5 nitrogen and oxygen atoms in total. The molecule has 0 unspecified atom stereocenters. The summed E-state index contributed by atoms with van der Waals surface area (Å²) in [5.74, 6) is 1.97. The predicted octanol–water partition coefficient (Wildman–Crippen LogP) is 6.40. The monoisotopic (exact) mass is 434 g/mol. The van der Waals surface area contributed by atoms with Gasteiger partial charge in [-0.05, 0) is 89.9 Å². The standard InChI is InChI=1S/C27H34N2O3/c1-7-31-21-14-12-19(13-15-21)24-16-22(20-17-26(2,3)32-27(4,5)18-20)28-29(24)23-10-8-9-11-25(23)30-6/h8-16,20H,7,17-18H2,1-6H3. The van der Waals surface area contributed by atoms with Crippen LogP contribution in [0, 0.1) is 0 Å². The first-order valence-corrected chi connectivity index (χ1v) is 11.4. The second kappa shape index (κ2) is 8.62. The van der Waals surface area contributed by atoms with Crippen LogP contribution in [0.5, 0.6) is 11.5 Å². The van der Waals surface area contributed by atoms with Crippen molar-refractivity contribution in [3.05, 3.63) is 60.3 Å². The molecule has 1 aliphatic heterocycles. The maximum absolute atomic E-state index is 6.32. The van der Waals surface area contributed by atoms with Gasteiger partial charge in [-0.2, -0.15) is 5.10 Å². The Balaban J connectivity index is 1.82. The molecule has 32 heavy (non-hydrogen) atoms. The molecule has 0 spiro atoms. The number of rotatable bonds is 6. The molecule has 0 saturated carbocycles. The molecule has 1 saturated heterocycles. The highest BCUT2D eigenvalue weighted by Gasteiger charge is 2.41. The van der Waals surface area contributed by atoms with Gasteiger partial charge in [-0.25, -0.2) is 4.68 Å². The molecular formula is C27H34N2O3. The topological polar surface area (TPSA) is 45.5 Å². The number of ether oxygens (including phenoxy) is 3. The largest absolute Gasteiger partial charge is 0.494 e. The number of benzene rings is 2. The molecular weight excluding hydrogens is 400 g/mol. The molecule has 0 N–H and O–H groups in total. The quantitative estimate of drug-likeness (QED) is 0.450. The Morgan fingerprint density at radius 3 is 2.28 bits per heavy atom. The van der Waals surface area contributed by atoms with Gasteiger partial charge >= 0.3 is 0 Å². The molecule has 4 rings (SSSR count). The minimum atomic E-state index is -0.195. The van der Waals surface area contributed by atoms with Crippen molar-refractivity contribution >= 4 is 0 Å². The van der Waals surface area contributed by atoms with Gasteiger partial charge in [0, 0.05) is 11.5 Å². The third-order valence-corrected chi connectivity index (χ3v) is 5.95. The van der Waals surface area contributed by atoms with E-state index in [9.17, 15) is 0 Å². The average molecular weight is 435 g/mol. The predicted molar refractivity (Wildman–Crippen MR) is 128 cm³/mol. The first-order valence-electron chi connectivity index (χ1n) is 11.4. The van der Waals surface area contributed by atoms with Crippen LogP contribution in [0.3, 0.4) is 0 Å². The molecule has 0 amide bonds. The smallest absolute Gasteiger partial charge is 0.144 e. The third kappa shape index (κ3) is 4.68. The summed E-state index contributed by atoms with van der Waals surface area (Å²) in [6.07, 6.45) is 1.87. The summed E-state index contributed by atoms with van der Waals surface area (Å²) in [6, 6.07) is 18.5. The van der Waals surface area contributed by atoms with Gasteiger partial charge < -0.3 is 14.2 Å². The number of para-hydroxylation sites is 2.